The molecule has 0 amide bonds. The summed E-state index contributed by atoms with van der Waals surface area (Å²) < 4.78 is 17.2. The average molecular weight is 550 g/mol. The van der Waals surface area contributed by atoms with Crippen LogP contribution in [0.2, 0.25) is 0 Å². The summed E-state index contributed by atoms with van der Waals surface area (Å²) in [5.74, 6) is -1.43. The molecule has 1 aliphatic carbocycles. The van der Waals surface area contributed by atoms with Crippen LogP contribution < -0.4 is 0 Å². The van der Waals surface area contributed by atoms with Gasteiger partial charge in [-0.3, -0.25) is 14.9 Å². The van der Waals surface area contributed by atoms with Gasteiger partial charge in [-0.25, -0.2) is 9.59 Å². The van der Waals surface area contributed by atoms with Crippen LogP contribution in [0.25, 0.3) is 0 Å². The minimum Gasteiger partial charge on any atom is -0.462 e. The molecule has 1 aliphatic heterocycles. The molecule has 1 heterocycles. The summed E-state index contributed by atoms with van der Waals surface area (Å²) in [6.07, 6.45) is 6.64. The van der Waals surface area contributed by atoms with Gasteiger partial charge in [0, 0.05) is 30.4 Å². The molecule has 2 aromatic carbocycles. The summed E-state index contributed by atoms with van der Waals surface area (Å²) in [6, 6.07) is 14.0. The van der Waals surface area contributed by atoms with Gasteiger partial charge in [-0.1, -0.05) is 57.4 Å². The third kappa shape index (κ3) is 7.34. The van der Waals surface area contributed by atoms with Gasteiger partial charge in [0.1, 0.15) is 18.3 Å². The first-order valence-electron chi connectivity index (χ1n) is 13.8. The highest BCUT2D eigenvalue weighted by atomic mass is 16.6. The Morgan fingerprint density at radius 1 is 1.10 bits per heavy atom. The first-order valence-corrected chi connectivity index (χ1v) is 13.8. The van der Waals surface area contributed by atoms with E-state index in [1.165, 1.54) is 24.3 Å². The zero-order chi connectivity index (χ0) is 28.6. The zero-order valence-corrected chi connectivity index (χ0v) is 22.8. The third-order valence-electron chi connectivity index (χ3n) is 7.62. The molecule has 2 aliphatic rings. The van der Waals surface area contributed by atoms with Crippen LogP contribution in [0.4, 0.5) is 5.69 Å². The van der Waals surface area contributed by atoms with Gasteiger partial charge in [-0.05, 0) is 42.7 Å². The quantitative estimate of drug-likeness (QED) is 0.103. The van der Waals surface area contributed by atoms with E-state index in [0.717, 1.165) is 19.3 Å². The second-order valence-electron chi connectivity index (χ2n) is 10.6. The number of nitro groups is 1. The zero-order valence-electron chi connectivity index (χ0n) is 22.8. The van der Waals surface area contributed by atoms with Crippen molar-refractivity contribution in [1.82, 2.24) is 0 Å². The van der Waals surface area contributed by atoms with Gasteiger partial charge in [-0.2, -0.15) is 0 Å². The number of nitrogens with zero attached hydrogens (tertiary/aromatic N) is 1. The molecule has 0 radical (unpaired) electrons. The molecule has 1 saturated heterocycles. The van der Waals surface area contributed by atoms with Crippen molar-refractivity contribution in [3.8, 4) is 0 Å². The molecular weight excluding hydrogens is 514 g/mol. The van der Waals surface area contributed by atoms with E-state index in [1.807, 2.05) is 18.2 Å². The van der Waals surface area contributed by atoms with Gasteiger partial charge in [0.25, 0.3) is 5.69 Å². The van der Waals surface area contributed by atoms with Crippen LogP contribution in [0.15, 0.2) is 66.7 Å². The lowest BCUT2D eigenvalue weighted by Crippen LogP contribution is -2.25. The summed E-state index contributed by atoms with van der Waals surface area (Å²) in [5, 5.41) is 11.0. The number of non-ortho nitro benzene ring substituents is 1. The number of hydrogen-bond donors (Lipinski definition) is 0. The Balaban J connectivity index is 1.52. The maximum atomic E-state index is 13.0. The van der Waals surface area contributed by atoms with Crippen molar-refractivity contribution < 1.29 is 33.5 Å². The summed E-state index contributed by atoms with van der Waals surface area (Å²) in [5.41, 5.74) is 0.552. The van der Waals surface area contributed by atoms with Crippen LogP contribution in [0.1, 0.15) is 73.1 Å². The Hall–Kier alpha value is -4.01. The summed E-state index contributed by atoms with van der Waals surface area (Å²) in [6.45, 7) is 4.23. The van der Waals surface area contributed by atoms with Crippen LogP contribution in [0.3, 0.4) is 0 Å². The molecule has 9 heteroatoms. The first kappa shape index (κ1) is 29.0. The van der Waals surface area contributed by atoms with Crippen LogP contribution in [0.5, 0.6) is 0 Å². The Morgan fingerprint density at radius 2 is 1.80 bits per heavy atom. The maximum absolute atomic E-state index is 13.0. The second kappa shape index (κ2) is 13.4. The van der Waals surface area contributed by atoms with Crippen molar-refractivity contribution in [2.45, 2.75) is 70.7 Å². The smallest absolute Gasteiger partial charge is 0.338 e. The first-order chi connectivity index (χ1) is 19.2. The van der Waals surface area contributed by atoms with Crippen molar-refractivity contribution in [2.24, 2.45) is 17.8 Å². The molecule has 2 fully saturated rings. The summed E-state index contributed by atoms with van der Waals surface area (Å²) in [7, 11) is 0. The van der Waals surface area contributed by atoms with E-state index in [-0.39, 0.29) is 47.5 Å². The number of esters is 3. The second-order valence-corrected chi connectivity index (χ2v) is 10.6. The Labute approximate surface area is 233 Å². The average Bonchev–Trinajstić information content (AvgIpc) is 3.46. The minimum absolute atomic E-state index is 0.110. The van der Waals surface area contributed by atoms with Crippen LogP contribution in [-0.2, 0) is 19.0 Å². The van der Waals surface area contributed by atoms with Gasteiger partial charge in [-0.15, -0.1) is 0 Å². The highest BCUT2D eigenvalue weighted by Crippen LogP contribution is 2.44. The lowest BCUT2D eigenvalue weighted by molar-refractivity contribution is -0.384. The van der Waals surface area contributed by atoms with Crippen LogP contribution in [0, 0.1) is 27.9 Å². The van der Waals surface area contributed by atoms with Crippen molar-refractivity contribution in [1.29, 1.82) is 0 Å². The van der Waals surface area contributed by atoms with Gasteiger partial charge in [0.05, 0.1) is 22.5 Å². The molecule has 212 valence electrons. The number of carbonyl (C=O) groups is 3. The van der Waals surface area contributed by atoms with E-state index in [2.05, 4.69) is 13.8 Å². The van der Waals surface area contributed by atoms with E-state index in [0.29, 0.717) is 18.4 Å². The van der Waals surface area contributed by atoms with E-state index >= 15 is 0 Å². The van der Waals surface area contributed by atoms with E-state index < -0.39 is 29.1 Å². The predicted octanol–water partition coefficient (Wildman–Crippen LogP) is 6.07. The van der Waals surface area contributed by atoms with Gasteiger partial charge in [0.15, 0.2) is 0 Å². The number of unbranched alkanes of at least 4 members (excludes halogenated alkanes) is 1. The minimum atomic E-state index is -0.581. The fourth-order valence-corrected chi connectivity index (χ4v) is 5.48. The standard InChI is InChI=1S/C31H35NO8/c1-3-4-8-20(2)17-24(38-30(34)22-11-13-23(14-12-22)32(36)37)15-16-25-26-18-29(33)39-28(26)19-27(25)40-31(35)21-9-6-5-7-10-21/h5-7,9-16,20,24-28H,3-4,8,17-19H2,1-2H3/b16-15+/t20-,24+,25+,26+,27+,28-/m0/s1. The molecule has 0 spiro atoms. The SMILES string of the molecule is CCCC[C@H](C)C[C@@H](/C=C/[C@@H]1[C@H]2CC(=O)O[C@H]2C[C@H]1OC(=O)c1ccccc1)OC(=O)c1ccc([N+](=O)[O-])cc1. The largest absolute Gasteiger partial charge is 0.462 e. The lowest BCUT2D eigenvalue weighted by atomic mass is 9.90. The van der Waals surface area contributed by atoms with Crippen molar-refractivity contribution in [3.63, 3.8) is 0 Å². The van der Waals surface area contributed by atoms with Crippen molar-refractivity contribution >= 4 is 23.6 Å². The molecule has 0 bridgehead atoms. The normalized spacial score (nSPS) is 23.3. The summed E-state index contributed by atoms with van der Waals surface area (Å²) >= 11 is 0. The van der Waals surface area contributed by atoms with Gasteiger partial charge in [0.2, 0.25) is 0 Å². The molecule has 2 aromatic rings. The van der Waals surface area contributed by atoms with E-state index in [4.69, 9.17) is 14.2 Å². The number of ether oxygens (including phenoxy) is 3. The fraction of sp³-hybridized carbons (Fsp3) is 0.452. The molecule has 6 atom stereocenters. The van der Waals surface area contributed by atoms with Gasteiger partial charge < -0.3 is 14.2 Å². The summed E-state index contributed by atoms with van der Waals surface area (Å²) in [4.78, 5) is 48.3. The number of carbonyl (C=O) groups excluding carboxylic acids is 3. The Kier molecular flexibility index (Phi) is 9.69. The highest BCUT2D eigenvalue weighted by Gasteiger charge is 2.50. The molecule has 9 nitrogen and oxygen atoms in total. The predicted molar refractivity (Wildman–Crippen MR) is 146 cm³/mol. The topological polar surface area (TPSA) is 122 Å². The Bertz CT molecular complexity index is 1230. The highest BCUT2D eigenvalue weighted by molar-refractivity contribution is 5.90. The molecular formula is C31H35NO8. The Morgan fingerprint density at radius 3 is 2.48 bits per heavy atom. The number of benzene rings is 2. The molecule has 4 rings (SSSR count). The van der Waals surface area contributed by atoms with E-state index in [1.54, 1.807) is 24.3 Å². The maximum Gasteiger partial charge on any atom is 0.338 e. The van der Waals surface area contributed by atoms with Crippen molar-refractivity contribution in [2.75, 3.05) is 0 Å². The molecule has 0 N–H and O–H groups in total. The molecule has 0 aromatic heterocycles. The number of fused-ring (bicyclic) bond motifs is 1. The van der Waals surface area contributed by atoms with Gasteiger partial charge >= 0.3 is 17.9 Å². The molecule has 1 saturated carbocycles. The van der Waals surface area contributed by atoms with E-state index in [9.17, 15) is 24.5 Å². The van der Waals surface area contributed by atoms with Crippen molar-refractivity contribution in [3.05, 3.63) is 88.0 Å². The third-order valence-corrected chi connectivity index (χ3v) is 7.62. The molecule has 40 heavy (non-hydrogen) atoms. The number of hydrogen-bond acceptors (Lipinski definition) is 8. The molecule has 0 unspecified atom stereocenters. The fourth-order valence-electron chi connectivity index (χ4n) is 5.48. The monoisotopic (exact) mass is 549 g/mol. The van der Waals surface area contributed by atoms with Crippen LogP contribution in [-0.4, -0.2) is 41.1 Å². The number of nitro benzene ring substituents is 1. The lowest BCUT2D eigenvalue weighted by Gasteiger charge is -2.22. The number of rotatable bonds is 12. The van der Waals surface area contributed by atoms with Crippen LogP contribution >= 0.6 is 0 Å².